The number of carbonyl (C=O) groups excluding carboxylic acids is 1. The molecule has 0 atom stereocenters. The molecule has 0 bridgehead atoms. The molecule has 3 rings (SSSR count). The lowest BCUT2D eigenvalue weighted by molar-refractivity contribution is 0.0791. The Balaban J connectivity index is 1.78. The molecule has 0 aliphatic carbocycles. The molecule has 3 aromatic rings. The smallest absolute Gasteiger partial charge is 0.270 e. The number of carbonyl (C=O) groups is 1. The van der Waals surface area contributed by atoms with Gasteiger partial charge in [0.05, 0.1) is 14.2 Å². The third-order valence-electron chi connectivity index (χ3n) is 5.37. The van der Waals surface area contributed by atoms with E-state index in [9.17, 15) is 4.79 Å². The van der Waals surface area contributed by atoms with Gasteiger partial charge in [-0.25, -0.2) is 0 Å². The summed E-state index contributed by atoms with van der Waals surface area (Å²) in [7, 11) is 5.09. The Labute approximate surface area is 166 Å². The van der Waals surface area contributed by atoms with Crippen molar-refractivity contribution in [1.82, 2.24) is 9.88 Å². The lowest BCUT2D eigenvalue weighted by atomic mass is 10.0. The summed E-state index contributed by atoms with van der Waals surface area (Å²) in [6, 6.07) is 10.0. The van der Waals surface area contributed by atoms with E-state index in [0.717, 1.165) is 34.0 Å². The molecule has 0 saturated carbocycles. The predicted molar refractivity (Wildman–Crippen MR) is 113 cm³/mol. The maximum absolute atomic E-state index is 13.1. The molecule has 0 spiro atoms. The lowest BCUT2D eigenvalue weighted by Gasteiger charge is -2.17. The molecule has 1 aromatic heterocycles. The molecule has 0 radical (unpaired) electrons. The van der Waals surface area contributed by atoms with E-state index in [0.29, 0.717) is 23.7 Å². The molecule has 5 heteroatoms. The van der Waals surface area contributed by atoms with E-state index in [4.69, 9.17) is 9.47 Å². The highest BCUT2D eigenvalue weighted by Crippen LogP contribution is 2.29. The van der Waals surface area contributed by atoms with Crippen LogP contribution in [0.1, 0.15) is 32.7 Å². The fourth-order valence-corrected chi connectivity index (χ4v) is 3.64. The maximum atomic E-state index is 13.1. The average Bonchev–Trinajstić information content (AvgIpc) is 3.06. The number of H-pyrrole nitrogens is 1. The van der Waals surface area contributed by atoms with Crippen molar-refractivity contribution in [3.8, 4) is 11.5 Å². The van der Waals surface area contributed by atoms with Crippen LogP contribution in [0.25, 0.3) is 10.9 Å². The van der Waals surface area contributed by atoms with E-state index in [2.05, 4.69) is 31.0 Å². The standard InChI is InChI=1S/C23H28N2O3/c1-14-7-8-15(2)21-20(14)16(3)22(24-21)23(26)25(4)12-11-17-9-10-18(27-5)19(13-17)28-6/h7-10,13,24H,11-12H2,1-6H3. The van der Waals surface area contributed by atoms with Gasteiger partial charge in [0.1, 0.15) is 5.69 Å². The van der Waals surface area contributed by atoms with E-state index in [1.165, 1.54) is 5.56 Å². The van der Waals surface area contributed by atoms with Gasteiger partial charge < -0.3 is 19.4 Å². The molecule has 5 nitrogen and oxygen atoms in total. The fourth-order valence-electron chi connectivity index (χ4n) is 3.64. The Bertz CT molecular complexity index is 1020. The first-order valence-electron chi connectivity index (χ1n) is 9.42. The number of hydrogen-bond acceptors (Lipinski definition) is 3. The first kappa shape index (κ1) is 19.8. The molecular formula is C23H28N2O3. The van der Waals surface area contributed by atoms with Gasteiger partial charge in [0.25, 0.3) is 5.91 Å². The predicted octanol–water partition coefficient (Wildman–Crippen LogP) is 4.43. The van der Waals surface area contributed by atoms with Crippen LogP contribution in [-0.2, 0) is 6.42 Å². The number of ether oxygens (including phenoxy) is 2. The first-order chi connectivity index (χ1) is 13.4. The Hall–Kier alpha value is -2.95. The molecule has 0 aliphatic rings. The second kappa shape index (κ2) is 7.97. The van der Waals surface area contributed by atoms with Crippen molar-refractivity contribution in [3.63, 3.8) is 0 Å². The van der Waals surface area contributed by atoms with Gasteiger partial charge in [0.2, 0.25) is 0 Å². The molecule has 0 aliphatic heterocycles. The number of methoxy groups -OCH3 is 2. The van der Waals surface area contributed by atoms with Crippen LogP contribution in [0.15, 0.2) is 30.3 Å². The largest absolute Gasteiger partial charge is 0.493 e. The molecule has 1 heterocycles. The van der Waals surface area contributed by atoms with Crippen LogP contribution in [0, 0.1) is 20.8 Å². The molecule has 28 heavy (non-hydrogen) atoms. The molecule has 2 aromatic carbocycles. The SMILES string of the molecule is COc1ccc(CCN(C)C(=O)c2[nH]c3c(C)ccc(C)c3c2C)cc1OC. The van der Waals surface area contributed by atoms with Gasteiger partial charge in [-0.1, -0.05) is 18.2 Å². The van der Waals surface area contributed by atoms with E-state index >= 15 is 0 Å². The number of aromatic amines is 1. The summed E-state index contributed by atoms with van der Waals surface area (Å²) in [6.07, 6.45) is 0.736. The number of rotatable bonds is 6. The van der Waals surface area contributed by atoms with Crippen LogP contribution in [0.2, 0.25) is 0 Å². The van der Waals surface area contributed by atoms with Crippen LogP contribution < -0.4 is 9.47 Å². The second-order valence-corrected chi connectivity index (χ2v) is 7.24. The number of fused-ring (bicyclic) bond motifs is 1. The summed E-state index contributed by atoms with van der Waals surface area (Å²) in [6.45, 7) is 6.77. The maximum Gasteiger partial charge on any atom is 0.270 e. The van der Waals surface area contributed by atoms with Gasteiger partial charge >= 0.3 is 0 Å². The van der Waals surface area contributed by atoms with Crippen molar-refractivity contribution in [3.05, 3.63) is 58.3 Å². The minimum atomic E-state index is 0.00739. The van der Waals surface area contributed by atoms with Crippen molar-refractivity contribution in [1.29, 1.82) is 0 Å². The van der Waals surface area contributed by atoms with Gasteiger partial charge in [-0.3, -0.25) is 4.79 Å². The van der Waals surface area contributed by atoms with Crippen LogP contribution in [-0.4, -0.2) is 43.6 Å². The summed E-state index contributed by atoms with van der Waals surface area (Å²) in [4.78, 5) is 18.2. The van der Waals surface area contributed by atoms with Gasteiger partial charge in [-0.2, -0.15) is 0 Å². The van der Waals surface area contributed by atoms with Gasteiger partial charge in [0.15, 0.2) is 11.5 Å². The van der Waals surface area contributed by atoms with Gasteiger partial charge in [-0.05, 0) is 61.6 Å². The minimum absolute atomic E-state index is 0.00739. The van der Waals surface area contributed by atoms with Gasteiger partial charge in [0, 0.05) is 24.5 Å². The minimum Gasteiger partial charge on any atom is -0.493 e. The van der Waals surface area contributed by atoms with Gasteiger partial charge in [-0.15, -0.1) is 0 Å². The number of benzene rings is 2. The van der Waals surface area contributed by atoms with E-state index in [1.807, 2.05) is 32.2 Å². The van der Waals surface area contributed by atoms with E-state index in [1.54, 1.807) is 19.1 Å². The van der Waals surface area contributed by atoms with E-state index in [-0.39, 0.29) is 5.91 Å². The number of aryl methyl sites for hydroxylation is 3. The quantitative estimate of drug-likeness (QED) is 0.688. The molecule has 1 N–H and O–H groups in total. The zero-order chi connectivity index (χ0) is 20.4. The number of nitrogens with one attached hydrogen (secondary N) is 1. The molecule has 0 unspecified atom stereocenters. The van der Waals surface area contributed by atoms with Crippen LogP contribution in [0.3, 0.4) is 0 Å². The number of aromatic nitrogens is 1. The highest BCUT2D eigenvalue weighted by atomic mass is 16.5. The average molecular weight is 380 g/mol. The monoisotopic (exact) mass is 380 g/mol. The van der Waals surface area contributed by atoms with Crippen LogP contribution in [0.5, 0.6) is 11.5 Å². The van der Waals surface area contributed by atoms with Crippen molar-refractivity contribution in [2.75, 3.05) is 27.8 Å². The summed E-state index contributed by atoms with van der Waals surface area (Å²) in [5.74, 6) is 1.41. The first-order valence-corrected chi connectivity index (χ1v) is 9.42. The Morgan fingerprint density at radius 1 is 1.00 bits per heavy atom. The Kier molecular flexibility index (Phi) is 5.63. The zero-order valence-corrected chi connectivity index (χ0v) is 17.5. The topological polar surface area (TPSA) is 54.6 Å². The molecule has 0 saturated heterocycles. The zero-order valence-electron chi connectivity index (χ0n) is 17.5. The summed E-state index contributed by atoms with van der Waals surface area (Å²) in [5, 5.41) is 1.15. The summed E-state index contributed by atoms with van der Waals surface area (Å²) >= 11 is 0. The Morgan fingerprint density at radius 2 is 1.68 bits per heavy atom. The summed E-state index contributed by atoms with van der Waals surface area (Å²) in [5.41, 5.74) is 6.16. The Morgan fingerprint density at radius 3 is 2.32 bits per heavy atom. The van der Waals surface area contributed by atoms with E-state index < -0.39 is 0 Å². The lowest BCUT2D eigenvalue weighted by Crippen LogP contribution is -2.29. The second-order valence-electron chi connectivity index (χ2n) is 7.24. The molecule has 0 fully saturated rings. The molecule has 1 amide bonds. The molecular weight excluding hydrogens is 352 g/mol. The van der Waals surface area contributed by atoms with Crippen molar-refractivity contribution in [2.45, 2.75) is 27.2 Å². The number of hydrogen-bond donors (Lipinski definition) is 1. The van der Waals surface area contributed by atoms with Crippen molar-refractivity contribution < 1.29 is 14.3 Å². The van der Waals surface area contributed by atoms with Crippen LogP contribution in [0.4, 0.5) is 0 Å². The van der Waals surface area contributed by atoms with Crippen molar-refractivity contribution >= 4 is 16.8 Å². The number of nitrogens with zero attached hydrogens (tertiary/aromatic N) is 1. The highest BCUT2D eigenvalue weighted by molar-refractivity contribution is 6.02. The number of likely N-dealkylation sites (N-methyl/N-ethyl adjacent to an activating group) is 1. The third-order valence-corrected chi connectivity index (χ3v) is 5.37. The fraction of sp³-hybridized carbons (Fsp3) is 0.348. The summed E-state index contributed by atoms with van der Waals surface area (Å²) < 4.78 is 10.6. The van der Waals surface area contributed by atoms with Crippen molar-refractivity contribution in [2.24, 2.45) is 0 Å². The highest BCUT2D eigenvalue weighted by Gasteiger charge is 2.20. The number of amides is 1. The normalized spacial score (nSPS) is 10.9. The molecule has 148 valence electrons. The van der Waals surface area contributed by atoms with Crippen LogP contribution >= 0.6 is 0 Å². The third kappa shape index (κ3) is 3.57.